The second-order valence-electron chi connectivity index (χ2n) is 7.18. The van der Waals surface area contributed by atoms with Crippen molar-refractivity contribution in [2.75, 3.05) is 18.4 Å². The van der Waals surface area contributed by atoms with Crippen LogP contribution in [0.2, 0.25) is 0 Å². The van der Waals surface area contributed by atoms with E-state index in [4.69, 9.17) is 4.74 Å². The molecule has 0 unspecified atom stereocenters. The van der Waals surface area contributed by atoms with Crippen LogP contribution in [0.25, 0.3) is 0 Å². The van der Waals surface area contributed by atoms with Crippen molar-refractivity contribution in [3.05, 3.63) is 29.8 Å². The molecule has 126 valence electrons. The highest BCUT2D eigenvalue weighted by Gasteiger charge is 2.48. The number of likely N-dealkylation sites (tertiary alicyclic amines) is 1. The van der Waals surface area contributed by atoms with Gasteiger partial charge in [-0.25, -0.2) is 4.79 Å². The lowest BCUT2D eigenvalue weighted by Crippen LogP contribution is -2.68. The molecule has 0 atom stereocenters. The van der Waals surface area contributed by atoms with Crippen LogP contribution >= 0.6 is 0 Å². The maximum atomic E-state index is 12.0. The number of carbonyl (C=O) groups is 2. The lowest BCUT2D eigenvalue weighted by atomic mass is 9.86. The number of nitrogens with one attached hydrogen (secondary N) is 1. The Morgan fingerprint density at radius 2 is 1.83 bits per heavy atom. The number of carbonyl (C=O) groups excluding carboxylic acids is 1. The number of rotatable bonds is 4. The first-order valence-electron chi connectivity index (χ1n) is 7.63. The third-order valence-electron chi connectivity index (χ3n) is 3.59. The maximum absolute atomic E-state index is 12.0. The number of aliphatic carboxylic acids is 1. The van der Waals surface area contributed by atoms with Crippen LogP contribution in [0.4, 0.5) is 10.5 Å². The number of aryl methyl sites for hydroxylation is 1. The molecule has 0 spiro atoms. The van der Waals surface area contributed by atoms with E-state index in [-0.39, 0.29) is 6.42 Å². The van der Waals surface area contributed by atoms with Crippen LogP contribution in [0, 0.1) is 6.92 Å². The zero-order valence-electron chi connectivity index (χ0n) is 14.0. The molecule has 1 aromatic rings. The third-order valence-corrected chi connectivity index (χ3v) is 3.59. The van der Waals surface area contributed by atoms with Gasteiger partial charge >= 0.3 is 12.1 Å². The fourth-order valence-electron chi connectivity index (χ4n) is 2.61. The number of benzene rings is 1. The molecule has 2 rings (SSSR count). The number of carboxylic acid groups (broad SMARTS) is 1. The van der Waals surface area contributed by atoms with E-state index in [0.29, 0.717) is 13.1 Å². The summed E-state index contributed by atoms with van der Waals surface area (Å²) in [6.07, 6.45) is -0.468. The maximum Gasteiger partial charge on any atom is 0.410 e. The van der Waals surface area contributed by atoms with E-state index in [9.17, 15) is 14.7 Å². The van der Waals surface area contributed by atoms with Crippen molar-refractivity contribution < 1.29 is 19.4 Å². The summed E-state index contributed by atoms with van der Waals surface area (Å²) in [5.41, 5.74) is 0.761. The summed E-state index contributed by atoms with van der Waals surface area (Å²) in [5, 5.41) is 12.4. The van der Waals surface area contributed by atoms with Crippen molar-refractivity contribution in [2.45, 2.75) is 45.3 Å². The van der Waals surface area contributed by atoms with Crippen LogP contribution in [0.3, 0.4) is 0 Å². The van der Waals surface area contributed by atoms with Crippen molar-refractivity contribution in [2.24, 2.45) is 0 Å². The van der Waals surface area contributed by atoms with Gasteiger partial charge in [0.25, 0.3) is 0 Å². The second kappa shape index (κ2) is 6.10. The molecule has 0 bridgehead atoms. The summed E-state index contributed by atoms with van der Waals surface area (Å²) in [4.78, 5) is 24.7. The minimum Gasteiger partial charge on any atom is -0.481 e. The molecule has 1 fully saturated rings. The summed E-state index contributed by atoms with van der Waals surface area (Å²) in [7, 11) is 0. The van der Waals surface area contributed by atoms with E-state index >= 15 is 0 Å². The highest BCUT2D eigenvalue weighted by Crippen LogP contribution is 2.30. The van der Waals surface area contributed by atoms with Gasteiger partial charge < -0.3 is 20.1 Å². The molecule has 1 aromatic carbocycles. The molecule has 0 saturated carbocycles. The first-order valence-corrected chi connectivity index (χ1v) is 7.63. The van der Waals surface area contributed by atoms with Crippen LogP contribution < -0.4 is 5.32 Å². The van der Waals surface area contributed by atoms with Crippen LogP contribution in [-0.4, -0.2) is 46.3 Å². The van der Waals surface area contributed by atoms with Crippen LogP contribution in [0.15, 0.2) is 24.3 Å². The standard InChI is InChI=1S/C17H24N2O4/c1-12-5-7-13(8-6-12)18-17(9-14(20)21)10-19(11-17)15(22)23-16(2,3)4/h5-8,18H,9-11H2,1-4H3,(H,20,21). The van der Waals surface area contributed by atoms with Crippen molar-refractivity contribution in [3.8, 4) is 0 Å². The fraction of sp³-hybridized carbons (Fsp3) is 0.529. The highest BCUT2D eigenvalue weighted by molar-refractivity contribution is 5.74. The minimum atomic E-state index is -0.895. The Bertz CT molecular complexity index is 584. The largest absolute Gasteiger partial charge is 0.481 e. The van der Waals surface area contributed by atoms with Crippen molar-refractivity contribution in [3.63, 3.8) is 0 Å². The van der Waals surface area contributed by atoms with Gasteiger partial charge in [-0.3, -0.25) is 4.79 Å². The average Bonchev–Trinajstić information content (AvgIpc) is 2.35. The van der Waals surface area contributed by atoms with E-state index < -0.39 is 23.2 Å². The Labute approximate surface area is 136 Å². The molecule has 0 aromatic heterocycles. The summed E-state index contributed by atoms with van der Waals surface area (Å²) >= 11 is 0. The molecular formula is C17H24N2O4. The van der Waals surface area contributed by atoms with Gasteiger partial charge in [-0.1, -0.05) is 17.7 Å². The van der Waals surface area contributed by atoms with Gasteiger partial charge in [-0.2, -0.15) is 0 Å². The number of anilines is 1. The number of nitrogens with zero attached hydrogens (tertiary/aromatic N) is 1. The lowest BCUT2D eigenvalue weighted by molar-refractivity contribution is -0.139. The predicted molar refractivity (Wildman–Crippen MR) is 87.6 cm³/mol. The van der Waals surface area contributed by atoms with Gasteiger partial charge in [0.2, 0.25) is 0 Å². The Hall–Kier alpha value is -2.24. The molecule has 1 aliphatic heterocycles. The number of ether oxygens (including phenoxy) is 1. The molecule has 6 nitrogen and oxygen atoms in total. The molecule has 1 aliphatic rings. The summed E-state index contributed by atoms with van der Waals surface area (Å²) < 4.78 is 5.32. The van der Waals surface area contributed by atoms with Gasteiger partial charge in [-0.15, -0.1) is 0 Å². The summed E-state index contributed by atoms with van der Waals surface area (Å²) in [6.45, 7) is 8.02. The van der Waals surface area contributed by atoms with E-state index in [0.717, 1.165) is 11.3 Å². The van der Waals surface area contributed by atoms with Crippen molar-refractivity contribution in [1.82, 2.24) is 4.90 Å². The zero-order chi connectivity index (χ0) is 17.3. The Kier molecular flexibility index (Phi) is 4.54. The normalized spacial score (nSPS) is 16.4. The molecule has 1 saturated heterocycles. The molecule has 1 amide bonds. The van der Waals surface area contributed by atoms with Crippen LogP contribution in [0.1, 0.15) is 32.8 Å². The Balaban J connectivity index is 2.04. The number of hydrogen-bond acceptors (Lipinski definition) is 4. The van der Waals surface area contributed by atoms with E-state index in [1.54, 1.807) is 20.8 Å². The van der Waals surface area contributed by atoms with E-state index in [2.05, 4.69) is 5.32 Å². The average molecular weight is 320 g/mol. The molecule has 23 heavy (non-hydrogen) atoms. The smallest absolute Gasteiger partial charge is 0.410 e. The highest BCUT2D eigenvalue weighted by atomic mass is 16.6. The molecule has 0 aliphatic carbocycles. The van der Waals surface area contributed by atoms with Crippen LogP contribution in [0.5, 0.6) is 0 Å². The summed E-state index contributed by atoms with van der Waals surface area (Å²) in [5.74, 6) is -0.895. The van der Waals surface area contributed by atoms with Crippen LogP contribution in [-0.2, 0) is 9.53 Å². The van der Waals surface area contributed by atoms with E-state index in [1.807, 2.05) is 31.2 Å². The topological polar surface area (TPSA) is 78.9 Å². The quantitative estimate of drug-likeness (QED) is 0.892. The summed E-state index contributed by atoms with van der Waals surface area (Å²) in [6, 6.07) is 7.74. The van der Waals surface area contributed by atoms with Gasteiger partial charge in [0.05, 0.1) is 12.0 Å². The molecule has 6 heteroatoms. The molecule has 1 heterocycles. The van der Waals surface area contributed by atoms with Gasteiger partial charge in [-0.05, 0) is 39.8 Å². The molecule has 0 radical (unpaired) electrons. The number of amides is 1. The fourth-order valence-corrected chi connectivity index (χ4v) is 2.61. The zero-order valence-corrected chi connectivity index (χ0v) is 14.0. The SMILES string of the molecule is Cc1ccc(NC2(CC(=O)O)CN(C(=O)OC(C)(C)C)C2)cc1. The van der Waals surface area contributed by atoms with Gasteiger partial charge in [0.15, 0.2) is 0 Å². The first kappa shape index (κ1) is 17.1. The van der Waals surface area contributed by atoms with E-state index in [1.165, 1.54) is 4.90 Å². The molecule has 2 N–H and O–H groups in total. The van der Waals surface area contributed by atoms with Gasteiger partial charge in [0, 0.05) is 18.8 Å². The monoisotopic (exact) mass is 320 g/mol. The molecular weight excluding hydrogens is 296 g/mol. The Morgan fingerprint density at radius 3 is 2.30 bits per heavy atom. The Morgan fingerprint density at radius 1 is 1.26 bits per heavy atom. The van der Waals surface area contributed by atoms with Crippen molar-refractivity contribution in [1.29, 1.82) is 0 Å². The second-order valence-corrected chi connectivity index (χ2v) is 7.18. The number of carboxylic acids is 1. The van der Waals surface area contributed by atoms with Gasteiger partial charge in [0.1, 0.15) is 5.60 Å². The van der Waals surface area contributed by atoms with Crippen molar-refractivity contribution >= 4 is 17.7 Å². The first-order chi connectivity index (χ1) is 10.6. The lowest BCUT2D eigenvalue weighted by Gasteiger charge is -2.50. The number of hydrogen-bond donors (Lipinski definition) is 2. The third kappa shape index (κ3) is 4.61. The predicted octanol–water partition coefficient (Wildman–Crippen LogP) is 2.87. The minimum absolute atomic E-state index is 0.0554.